The van der Waals surface area contributed by atoms with E-state index in [0.29, 0.717) is 6.54 Å². The molecule has 1 unspecified atom stereocenters. The highest BCUT2D eigenvalue weighted by Crippen LogP contribution is 2.25. The Hall–Kier alpha value is -0.100. The van der Waals surface area contributed by atoms with Crippen LogP contribution >= 0.6 is 39.7 Å². The molecule has 2 N–H and O–H groups in total. The molecule has 1 amide bonds. The minimum atomic E-state index is 0. The van der Waals surface area contributed by atoms with Crippen LogP contribution in [0.25, 0.3) is 0 Å². The second kappa shape index (κ2) is 5.30. The maximum absolute atomic E-state index is 11.9. The fourth-order valence-electron chi connectivity index (χ4n) is 1.56. The van der Waals surface area contributed by atoms with Crippen LogP contribution in [0.3, 0.4) is 0 Å². The molecule has 0 spiro atoms. The van der Waals surface area contributed by atoms with Crippen molar-refractivity contribution in [1.82, 2.24) is 4.90 Å². The summed E-state index contributed by atoms with van der Waals surface area (Å²) in [6, 6.07) is 2.05. The van der Waals surface area contributed by atoms with Gasteiger partial charge >= 0.3 is 0 Å². The molecule has 1 fully saturated rings. The van der Waals surface area contributed by atoms with Crippen molar-refractivity contribution in [1.29, 1.82) is 0 Å². The van der Waals surface area contributed by atoms with E-state index in [2.05, 4.69) is 15.9 Å². The highest BCUT2D eigenvalue weighted by atomic mass is 79.9. The first-order chi connectivity index (χ1) is 6.68. The molecule has 0 saturated carbocycles. The molecule has 1 aromatic heterocycles. The summed E-state index contributed by atoms with van der Waals surface area (Å²) in [5.74, 6) is 0.0971. The SMILES string of the molecule is Cl.NC1CCN(C(=O)c2sccc2Br)C1. The van der Waals surface area contributed by atoms with Crippen molar-refractivity contribution in [3.63, 3.8) is 0 Å². The van der Waals surface area contributed by atoms with Gasteiger partial charge in [-0.2, -0.15) is 0 Å². The summed E-state index contributed by atoms with van der Waals surface area (Å²) in [6.07, 6.45) is 0.911. The lowest BCUT2D eigenvalue weighted by atomic mass is 10.3. The van der Waals surface area contributed by atoms with E-state index in [1.807, 2.05) is 16.3 Å². The lowest BCUT2D eigenvalue weighted by Crippen LogP contribution is -2.31. The van der Waals surface area contributed by atoms with E-state index in [1.165, 1.54) is 11.3 Å². The molecule has 1 aliphatic heterocycles. The normalized spacial score (nSPS) is 20.1. The van der Waals surface area contributed by atoms with Crippen LogP contribution in [0.4, 0.5) is 0 Å². The van der Waals surface area contributed by atoms with Crippen molar-refractivity contribution in [2.45, 2.75) is 12.5 Å². The smallest absolute Gasteiger partial charge is 0.265 e. The Bertz CT molecular complexity index is 358. The number of amides is 1. The summed E-state index contributed by atoms with van der Waals surface area (Å²) in [6.45, 7) is 1.47. The van der Waals surface area contributed by atoms with Gasteiger partial charge in [0, 0.05) is 23.6 Å². The van der Waals surface area contributed by atoms with E-state index in [1.54, 1.807) is 0 Å². The summed E-state index contributed by atoms with van der Waals surface area (Å²) in [4.78, 5) is 14.5. The summed E-state index contributed by atoms with van der Waals surface area (Å²) in [7, 11) is 0. The van der Waals surface area contributed by atoms with Gasteiger partial charge in [0.1, 0.15) is 4.88 Å². The Morgan fingerprint density at radius 3 is 2.87 bits per heavy atom. The molecule has 2 rings (SSSR count). The number of nitrogens with zero attached hydrogens (tertiary/aromatic N) is 1. The number of nitrogens with two attached hydrogens (primary N) is 1. The van der Waals surface area contributed by atoms with Crippen molar-refractivity contribution >= 4 is 45.6 Å². The van der Waals surface area contributed by atoms with Gasteiger partial charge in [0.05, 0.1) is 0 Å². The Morgan fingerprint density at radius 1 is 1.67 bits per heavy atom. The van der Waals surface area contributed by atoms with Gasteiger partial charge in [0.25, 0.3) is 5.91 Å². The van der Waals surface area contributed by atoms with Crippen LogP contribution in [0.1, 0.15) is 16.1 Å². The molecule has 15 heavy (non-hydrogen) atoms. The third-order valence-corrected chi connectivity index (χ3v) is 4.15. The van der Waals surface area contributed by atoms with Crippen molar-refractivity contribution in [2.24, 2.45) is 5.73 Å². The summed E-state index contributed by atoms with van der Waals surface area (Å²) in [5.41, 5.74) is 5.75. The summed E-state index contributed by atoms with van der Waals surface area (Å²) in [5, 5.41) is 1.91. The molecule has 2 heterocycles. The lowest BCUT2D eigenvalue weighted by Gasteiger charge is -2.14. The third kappa shape index (κ3) is 2.72. The minimum Gasteiger partial charge on any atom is -0.336 e. The zero-order valence-corrected chi connectivity index (χ0v) is 11.2. The number of carbonyl (C=O) groups excluding carboxylic acids is 1. The molecule has 1 aromatic rings. The van der Waals surface area contributed by atoms with Gasteiger partial charge in [-0.1, -0.05) is 0 Å². The number of rotatable bonds is 1. The first-order valence-corrected chi connectivity index (χ1v) is 6.13. The first-order valence-electron chi connectivity index (χ1n) is 4.46. The van der Waals surface area contributed by atoms with E-state index in [0.717, 1.165) is 22.3 Å². The highest BCUT2D eigenvalue weighted by Gasteiger charge is 2.26. The van der Waals surface area contributed by atoms with Crippen LogP contribution in [0.5, 0.6) is 0 Å². The fourth-order valence-corrected chi connectivity index (χ4v) is 3.07. The van der Waals surface area contributed by atoms with Crippen molar-refractivity contribution in [2.75, 3.05) is 13.1 Å². The van der Waals surface area contributed by atoms with Gasteiger partial charge in [-0.25, -0.2) is 0 Å². The monoisotopic (exact) mass is 310 g/mol. The fraction of sp³-hybridized carbons (Fsp3) is 0.444. The van der Waals surface area contributed by atoms with Crippen LogP contribution in [0, 0.1) is 0 Å². The Balaban J connectivity index is 0.00000112. The maximum atomic E-state index is 11.9. The predicted molar refractivity (Wildman–Crippen MR) is 67.8 cm³/mol. The average Bonchev–Trinajstić information content (AvgIpc) is 2.73. The molecule has 1 atom stereocenters. The topological polar surface area (TPSA) is 46.3 Å². The number of hydrogen-bond donors (Lipinski definition) is 1. The number of likely N-dealkylation sites (tertiary alicyclic amines) is 1. The van der Waals surface area contributed by atoms with Gasteiger partial charge in [0.15, 0.2) is 0 Å². The Labute approximate surface area is 107 Å². The van der Waals surface area contributed by atoms with Gasteiger partial charge in [-0.15, -0.1) is 23.7 Å². The molecular formula is C9H12BrClN2OS. The molecule has 1 aliphatic rings. The number of thiophene rings is 1. The maximum Gasteiger partial charge on any atom is 0.265 e. The standard InChI is InChI=1S/C9H11BrN2OS.ClH/c10-7-2-4-14-8(7)9(13)12-3-1-6(11)5-12;/h2,4,6H,1,3,5,11H2;1H. The molecule has 0 radical (unpaired) electrons. The number of hydrogen-bond acceptors (Lipinski definition) is 3. The lowest BCUT2D eigenvalue weighted by molar-refractivity contribution is 0.0795. The van der Waals surface area contributed by atoms with Crippen molar-refractivity contribution < 1.29 is 4.79 Å². The Morgan fingerprint density at radius 2 is 2.40 bits per heavy atom. The zero-order chi connectivity index (χ0) is 10.1. The zero-order valence-electron chi connectivity index (χ0n) is 7.98. The molecule has 3 nitrogen and oxygen atoms in total. The van der Waals surface area contributed by atoms with E-state index in [4.69, 9.17) is 5.73 Å². The highest BCUT2D eigenvalue weighted by molar-refractivity contribution is 9.10. The number of carbonyl (C=O) groups is 1. The molecule has 0 aromatic carbocycles. The molecule has 84 valence electrons. The number of halogens is 2. The van der Waals surface area contributed by atoms with Crippen LogP contribution in [-0.4, -0.2) is 29.9 Å². The summed E-state index contributed by atoms with van der Waals surface area (Å²) >= 11 is 4.83. The van der Waals surface area contributed by atoms with E-state index < -0.39 is 0 Å². The van der Waals surface area contributed by atoms with E-state index in [9.17, 15) is 4.79 Å². The van der Waals surface area contributed by atoms with Gasteiger partial charge in [-0.3, -0.25) is 4.79 Å². The minimum absolute atomic E-state index is 0. The van der Waals surface area contributed by atoms with Crippen molar-refractivity contribution in [3.05, 3.63) is 20.8 Å². The van der Waals surface area contributed by atoms with Gasteiger partial charge < -0.3 is 10.6 Å². The van der Waals surface area contributed by atoms with E-state index in [-0.39, 0.29) is 24.4 Å². The summed E-state index contributed by atoms with van der Waals surface area (Å²) < 4.78 is 0.882. The van der Waals surface area contributed by atoms with Crippen LogP contribution in [0.2, 0.25) is 0 Å². The second-order valence-corrected chi connectivity index (χ2v) is 5.17. The van der Waals surface area contributed by atoms with Crippen LogP contribution < -0.4 is 5.73 Å². The van der Waals surface area contributed by atoms with E-state index >= 15 is 0 Å². The largest absolute Gasteiger partial charge is 0.336 e. The van der Waals surface area contributed by atoms with Crippen LogP contribution in [0.15, 0.2) is 15.9 Å². The average molecular weight is 312 g/mol. The predicted octanol–water partition coefficient (Wildman–Crippen LogP) is 2.11. The third-order valence-electron chi connectivity index (χ3n) is 2.32. The molecular weight excluding hydrogens is 300 g/mol. The molecule has 6 heteroatoms. The Kier molecular flexibility index (Phi) is 4.58. The first kappa shape index (κ1) is 13.0. The van der Waals surface area contributed by atoms with Crippen molar-refractivity contribution in [3.8, 4) is 0 Å². The van der Waals surface area contributed by atoms with Crippen LogP contribution in [-0.2, 0) is 0 Å². The molecule has 0 aliphatic carbocycles. The molecule has 1 saturated heterocycles. The second-order valence-electron chi connectivity index (χ2n) is 3.40. The molecule has 0 bridgehead atoms. The van der Waals surface area contributed by atoms with Gasteiger partial charge in [0.2, 0.25) is 0 Å². The van der Waals surface area contributed by atoms with Gasteiger partial charge in [-0.05, 0) is 33.8 Å². The quantitative estimate of drug-likeness (QED) is 0.863.